The molecule has 100 valence electrons. The first-order valence-electron chi connectivity index (χ1n) is 5.45. The van der Waals surface area contributed by atoms with Gasteiger partial charge < -0.3 is 20.9 Å². The van der Waals surface area contributed by atoms with E-state index in [2.05, 4.69) is 21.2 Å². The minimum Gasteiger partial charge on any atom is -0.398 e. The zero-order chi connectivity index (χ0) is 13.7. The van der Waals surface area contributed by atoms with E-state index in [1.54, 1.807) is 19.1 Å². The number of hydrogen-bond donors (Lipinski definition) is 3. The summed E-state index contributed by atoms with van der Waals surface area (Å²) in [6.07, 6.45) is 0. The van der Waals surface area contributed by atoms with Crippen LogP contribution in [-0.2, 0) is 4.74 Å². The number of aliphatic hydroxyl groups excluding tert-OH is 1. The average Bonchev–Trinajstić information content (AvgIpc) is 2.32. The van der Waals surface area contributed by atoms with Crippen LogP contribution in [0.1, 0.15) is 15.9 Å². The third-order valence-electron chi connectivity index (χ3n) is 2.58. The summed E-state index contributed by atoms with van der Waals surface area (Å²) in [7, 11) is 1.51. The zero-order valence-corrected chi connectivity index (χ0v) is 12.0. The number of benzene rings is 1. The lowest BCUT2D eigenvalue weighted by Gasteiger charge is -2.16. The van der Waals surface area contributed by atoms with Crippen LogP contribution in [0.3, 0.4) is 0 Å². The number of ether oxygens (including phenoxy) is 1. The lowest BCUT2D eigenvalue weighted by molar-refractivity contribution is 0.0839. The number of amides is 1. The van der Waals surface area contributed by atoms with Crippen LogP contribution < -0.4 is 11.1 Å². The van der Waals surface area contributed by atoms with Gasteiger partial charge in [0, 0.05) is 22.8 Å². The van der Waals surface area contributed by atoms with Crippen molar-refractivity contribution in [1.29, 1.82) is 0 Å². The Morgan fingerprint density at radius 1 is 1.61 bits per heavy atom. The van der Waals surface area contributed by atoms with Crippen molar-refractivity contribution in [3.8, 4) is 0 Å². The smallest absolute Gasteiger partial charge is 0.252 e. The van der Waals surface area contributed by atoms with E-state index in [9.17, 15) is 4.79 Å². The molecule has 0 aliphatic carbocycles. The summed E-state index contributed by atoms with van der Waals surface area (Å²) >= 11 is 3.30. The van der Waals surface area contributed by atoms with Gasteiger partial charge in [0.1, 0.15) is 0 Å². The number of rotatable bonds is 5. The summed E-state index contributed by atoms with van der Waals surface area (Å²) in [4.78, 5) is 12.1. The molecule has 0 radical (unpaired) electrons. The summed E-state index contributed by atoms with van der Waals surface area (Å²) in [5.41, 5.74) is 7.54. The molecule has 0 saturated heterocycles. The molecule has 0 aliphatic rings. The van der Waals surface area contributed by atoms with E-state index in [0.717, 1.165) is 4.47 Å². The van der Waals surface area contributed by atoms with Gasteiger partial charge in [0.2, 0.25) is 0 Å². The van der Waals surface area contributed by atoms with E-state index in [4.69, 9.17) is 15.6 Å². The van der Waals surface area contributed by atoms with Gasteiger partial charge in [-0.3, -0.25) is 4.79 Å². The molecule has 0 spiro atoms. The van der Waals surface area contributed by atoms with Crippen molar-refractivity contribution in [2.24, 2.45) is 0 Å². The molecule has 18 heavy (non-hydrogen) atoms. The lowest BCUT2D eigenvalue weighted by atomic mass is 10.1. The number of nitrogens with one attached hydrogen (secondary N) is 1. The topological polar surface area (TPSA) is 84.6 Å². The van der Waals surface area contributed by atoms with Crippen LogP contribution in [0.4, 0.5) is 5.69 Å². The fraction of sp³-hybridized carbons (Fsp3) is 0.417. The van der Waals surface area contributed by atoms with Crippen molar-refractivity contribution in [1.82, 2.24) is 5.32 Å². The molecule has 1 amide bonds. The number of nitrogens with two attached hydrogens (primary N) is 1. The van der Waals surface area contributed by atoms with E-state index in [1.807, 2.05) is 0 Å². The number of aliphatic hydroxyl groups is 1. The van der Waals surface area contributed by atoms with Crippen LogP contribution in [0, 0.1) is 6.92 Å². The summed E-state index contributed by atoms with van der Waals surface area (Å²) in [5.74, 6) is -0.281. The number of carbonyl (C=O) groups excluding carboxylic acids is 1. The third kappa shape index (κ3) is 3.69. The fourth-order valence-electron chi connectivity index (χ4n) is 1.54. The molecular formula is C12H17BrN2O3. The highest BCUT2D eigenvalue weighted by Gasteiger charge is 2.16. The largest absolute Gasteiger partial charge is 0.398 e. The van der Waals surface area contributed by atoms with Crippen molar-refractivity contribution < 1.29 is 14.6 Å². The molecule has 0 aromatic heterocycles. The van der Waals surface area contributed by atoms with Crippen LogP contribution >= 0.6 is 15.9 Å². The van der Waals surface area contributed by atoms with E-state index < -0.39 is 6.04 Å². The maximum Gasteiger partial charge on any atom is 0.252 e. The molecule has 0 heterocycles. The maximum absolute atomic E-state index is 12.1. The number of carbonyl (C=O) groups is 1. The van der Waals surface area contributed by atoms with Gasteiger partial charge in [-0.05, 0) is 24.6 Å². The first kappa shape index (κ1) is 14.9. The molecule has 1 atom stereocenters. The third-order valence-corrected chi connectivity index (χ3v) is 3.04. The van der Waals surface area contributed by atoms with Gasteiger partial charge in [-0.15, -0.1) is 0 Å². The van der Waals surface area contributed by atoms with Gasteiger partial charge in [0.25, 0.3) is 5.91 Å². The second-order valence-electron chi connectivity index (χ2n) is 3.98. The van der Waals surface area contributed by atoms with Gasteiger partial charge in [-0.1, -0.05) is 15.9 Å². The highest BCUT2D eigenvalue weighted by atomic mass is 79.9. The normalized spacial score (nSPS) is 12.2. The summed E-state index contributed by atoms with van der Waals surface area (Å²) in [6.45, 7) is 1.86. The quantitative estimate of drug-likeness (QED) is 0.710. The Morgan fingerprint density at radius 2 is 2.28 bits per heavy atom. The number of anilines is 1. The lowest BCUT2D eigenvalue weighted by Crippen LogP contribution is -2.40. The van der Waals surface area contributed by atoms with Crippen LogP contribution in [0.5, 0.6) is 0 Å². The van der Waals surface area contributed by atoms with Crippen molar-refractivity contribution >= 4 is 27.5 Å². The summed E-state index contributed by atoms with van der Waals surface area (Å²) in [6, 6.07) is 3.01. The van der Waals surface area contributed by atoms with Crippen molar-refractivity contribution in [3.63, 3.8) is 0 Å². The van der Waals surface area contributed by atoms with E-state index >= 15 is 0 Å². The SMILES string of the molecule is COCC(CO)NC(=O)c1cc(Br)cc(N)c1C. The molecule has 6 heteroatoms. The Kier molecular flexibility index (Phi) is 5.58. The van der Waals surface area contributed by atoms with Gasteiger partial charge in [-0.25, -0.2) is 0 Å². The molecule has 0 bridgehead atoms. The molecule has 4 N–H and O–H groups in total. The number of nitrogen functional groups attached to an aromatic ring is 1. The highest BCUT2D eigenvalue weighted by Crippen LogP contribution is 2.22. The fourth-order valence-corrected chi connectivity index (χ4v) is 2.02. The monoisotopic (exact) mass is 316 g/mol. The van der Waals surface area contributed by atoms with Crippen LogP contribution in [-0.4, -0.2) is 37.4 Å². The number of methoxy groups -OCH3 is 1. The highest BCUT2D eigenvalue weighted by molar-refractivity contribution is 9.10. The van der Waals surface area contributed by atoms with E-state index in [-0.39, 0.29) is 19.1 Å². The number of hydrogen-bond acceptors (Lipinski definition) is 4. The van der Waals surface area contributed by atoms with Gasteiger partial charge >= 0.3 is 0 Å². The molecule has 1 rings (SSSR count). The van der Waals surface area contributed by atoms with E-state index in [0.29, 0.717) is 16.8 Å². The maximum atomic E-state index is 12.1. The Hall–Kier alpha value is -1.11. The molecule has 0 fully saturated rings. The second-order valence-corrected chi connectivity index (χ2v) is 4.89. The second kappa shape index (κ2) is 6.72. The predicted molar refractivity (Wildman–Crippen MR) is 73.5 cm³/mol. The molecular weight excluding hydrogens is 300 g/mol. The summed E-state index contributed by atoms with van der Waals surface area (Å²) in [5, 5.41) is 11.8. The zero-order valence-electron chi connectivity index (χ0n) is 10.4. The predicted octanol–water partition coefficient (Wildman–Crippen LogP) is 1.08. The van der Waals surface area contributed by atoms with Crippen molar-refractivity contribution in [2.75, 3.05) is 26.1 Å². The molecule has 1 unspecified atom stereocenters. The number of halogens is 1. The van der Waals surface area contributed by atoms with E-state index in [1.165, 1.54) is 7.11 Å². The molecule has 0 aliphatic heterocycles. The molecule has 0 saturated carbocycles. The minimum atomic E-state index is -0.429. The van der Waals surface area contributed by atoms with Crippen LogP contribution in [0.2, 0.25) is 0 Å². The first-order valence-corrected chi connectivity index (χ1v) is 6.25. The van der Waals surface area contributed by atoms with Crippen molar-refractivity contribution in [2.45, 2.75) is 13.0 Å². The van der Waals surface area contributed by atoms with Crippen molar-refractivity contribution in [3.05, 3.63) is 27.7 Å². The Labute approximate surface area is 114 Å². The molecule has 5 nitrogen and oxygen atoms in total. The van der Waals surface area contributed by atoms with Crippen LogP contribution in [0.15, 0.2) is 16.6 Å². The Bertz CT molecular complexity index is 438. The van der Waals surface area contributed by atoms with Gasteiger partial charge in [0.15, 0.2) is 0 Å². The minimum absolute atomic E-state index is 0.178. The van der Waals surface area contributed by atoms with Gasteiger partial charge in [0.05, 0.1) is 19.3 Å². The summed E-state index contributed by atoms with van der Waals surface area (Å²) < 4.78 is 5.64. The molecule has 1 aromatic carbocycles. The molecule has 1 aromatic rings. The van der Waals surface area contributed by atoms with Crippen LogP contribution in [0.25, 0.3) is 0 Å². The average molecular weight is 317 g/mol. The Balaban J connectivity index is 2.90. The standard InChI is InChI=1S/C12H17BrN2O3/c1-7-10(3-8(13)4-11(7)14)12(17)15-9(5-16)6-18-2/h3-4,9,16H,5-6,14H2,1-2H3,(H,15,17). The Morgan fingerprint density at radius 3 is 2.83 bits per heavy atom. The first-order chi connectivity index (χ1) is 8.49. The van der Waals surface area contributed by atoms with Gasteiger partial charge in [-0.2, -0.15) is 0 Å².